The largest absolute Gasteiger partial charge is 0.493 e. The van der Waals surface area contributed by atoms with Crippen molar-refractivity contribution in [1.29, 1.82) is 0 Å². The molecule has 1 saturated heterocycles. The first kappa shape index (κ1) is 23.6. The fourth-order valence-electron chi connectivity index (χ4n) is 4.25. The molecule has 0 radical (unpaired) electrons. The van der Waals surface area contributed by atoms with Crippen LogP contribution in [0.3, 0.4) is 0 Å². The Morgan fingerprint density at radius 1 is 1.06 bits per heavy atom. The van der Waals surface area contributed by atoms with Gasteiger partial charge in [0.2, 0.25) is 0 Å². The number of hydrogen-bond donors (Lipinski definition) is 1. The summed E-state index contributed by atoms with van der Waals surface area (Å²) >= 11 is 0. The van der Waals surface area contributed by atoms with Crippen LogP contribution < -0.4 is 9.64 Å². The molecular weight excluding hydrogens is 445 g/mol. The van der Waals surface area contributed by atoms with Crippen LogP contribution in [-0.2, 0) is 17.6 Å². The summed E-state index contributed by atoms with van der Waals surface area (Å²) in [6, 6.07) is 13.4. The van der Waals surface area contributed by atoms with E-state index >= 15 is 0 Å². The van der Waals surface area contributed by atoms with Crippen LogP contribution in [0.4, 0.5) is 18.9 Å². The van der Waals surface area contributed by atoms with E-state index in [1.807, 2.05) is 12.1 Å². The van der Waals surface area contributed by atoms with Crippen molar-refractivity contribution >= 4 is 11.7 Å². The Morgan fingerprint density at radius 3 is 2.29 bits per heavy atom. The molecule has 0 atom stereocenters. The van der Waals surface area contributed by atoms with E-state index in [-0.39, 0.29) is 12.2 Å². The van der Waals surface area contributed by atoms with Gasteiger partial charge in [0.25, 0.3) is 5.92 Å². The molecule has 0 spiro atoms. The third kappa shape index (κ3) is 5.16. The van der Waals surface area contributed by atoms with Crippen LogP contribution in [0.1, 0.15) is 22.5 Å². The number of ether oxygens (including phenoxy) is 1. The smallest absolute Gasteiger partial charge is 0.307 e. The minimum atomic E-state index is -2.80. The molecule has 4 rings (SSSR count). The number of benzene rings is 2. The average Bonchev–Trinajstić information content (AvgIpc) is 2.75. The number of carboxylic acid groups (broad SMARTS) is 1. The maximum Gasteiger partial charge on any atom is 0.307 e. The number of hydrogen-bond acceptors (Lipinski definition) is 4. The number of aromatic nitrogens is 1. The lowest BCUT2D eigenvalue weighted by atomic mass is 9.93. The molecule has 8 heteroatoms. The van der Waals surface area contributed by atoms with Crippen molar-refractivity contribution in [2.24, 2.45) is 0 Å². The van der Waals surface area contributed by atoms with Crippen LogP contribution in [0.25, 0.3) is 11.1 Å². The molecular formula is C26H25F3N2O3. The molecule has 0 amide bonds. The van der Waals surface area contributed by atoms with Gasteiger partial charge in [-0.15, -0.1) is 0 Å². The maximum atomic E-state index is 13.7. The molecule has 1 aliphatic rings. The molecule has 1 fully saturated rings. The predicted octanol–water partition coefficient (Wildman–Crippen LogP) is 5.21. The zero-order valence-electron chi connectivity index (χ0n) is 18.9. The highest BCUT2D eigenvalue weighted by Crippen LogP contribution is 2.43. The van der Waals surface area contributed by atoms with Gasteiger partial charge >= 0.3 is 5.97 Å². The third-order valence-electron chi connectivity index (χ3n) is 5.86. The number of carboxylic acids is 1. The van der Waals surface area contributed by atoms with Crippen molar-refractivity contribution in [1.82, 2.24) is 4.98 Å². The number of pyridine rings is 1. The van der Waals surface area contributed by atoms with E-state index in [4.69, 9.17) is 4.74 Å². The van der Waals surface area contributed by atoms with Gasteiger partial charge in [-0.05, 0) is 49.2 Å². The third-order valence-corrected chi connectivity index (χ3v) is 5.86. The highest BCUT2D eigenvalue weighted by molar-refractivity contribution is 5.87. The summed E-state index contributed by atoms with van der Waals surface area (Å²) < 4.78 is 46.2. The topological polar surface area (TPSA) is 62.7 Å². The normalized spacial score (nSPS) is 14.6. The summed E-state index contributed by atoms with van der Waals surface area (Å²) in [6.45, 7) is 2.99. The summed E-state index contributed by atoms with van der Waals surface area (Å²) in [6.07, 6.45) is 0.322. The standard InChI is InChI=1S/C26H25F3N2O3/c1-16-22(13-23(32)33)25(31-14-26(28,29)15-31)24(17(2)30-16)19-5-9-21(10-6-19)34-12-11-18-3-7-20(27)8-4-18/h3-10H,11-15H2,1-2H3,(H,32,33). The molecule has 0 aliphatic carbocycles. The quantitative estimate of drug-likeness (QED) is 0.490. The lowest BCUT2D eigenvalue weighted by Crippen LogP contribution is -2.57. The van der Waals surface area contributed by atoms with Crippen molar-refractivity contribution < 1.29 is 27.8 Å². The highest BCUT2D eigenvalue weighted by Gasteiger charge is 2.45. The number of halogens is 3. The van der Waals surface area contributed by atoms with Crippen LogP contribution in [-0.4, -0.2) is 41.7 Å². The Bertz CT molecular complexity index is 1190. The summed E-state index contributed by atoms with van der Waals surface area (Å²) in [5.41, 5.74) is 4.47. The number of alkyl halides is 2. The monoisotopic (exact) mass is 470 g/mol. The van der Waals surface area contributed by atoms with Gasteiger partial charge < -0.3 is 14.7 Å². The van der Waals surface area contributed by atoms with Gasteiger partial charge in [0.1, 0.15) is 11.6 Å². The molecule has 3 aromatic rings. The Labute approximate surface area is 195 Å². The van der Waals surface area contributed by atoms with Crippen LogP contribution in [0.5, 0.6) is 5.75 Å². The van der Waals surface area contributed by atoms with E-state index in [9.17, 15) is 23.1 Å². The Balaban J connectivity index is 1.59. The lowest BCUT2D eigenvalue weighted by Gasteiger charge is -2.42. The maximum absolute atomic E-state index is 13.7. The Kier molecular flexibility index (Phi) is 6.50. The second-order valence-corrected chi connectivity index (χ2v) is 8.52. The van der Waals surface area contributed by atoms with Crippen molar-refractivity contribution in [3.05, 3.63) is 76.9 Å². The fraction of sp³-hybridized carbons (Fsp3) is 0.308. The zero-order chi connectivity index (χ0) is 24.5. The Morgan fingerprint density at radius 2 is 1.71 bits per heavy atom. The number of carbonyl (C=O) groups is 1. The van der Waals surface area contributed by atoms with Crippen LogP contribution in [0.2, 0.25) is 0 Å². The molecule has 0 unspecified atom stereocenters. The SMILES string of the molecule is Cc1nc(C)c(-c2ccc(OCCc3ccc(F)cc3)cc2)c(N2CC(F)(F)C2)c1CC(=O)O. The summed E-state index contributed by atoms with van der Waals surface area (Å²) in [5, 5.41) is 9.41. The zero-order valence-corrected chi connectivity index (χ0v) is 18.9. The molecule has 0 saturated carbocycles. The second kappa shape index (κ2) is 9.37. The van der Waals surface area contributed by atoms with Crippen molar-refractivity contribution in [2.45, 2.75) is 32.6 Å². The van der Waals surface area contributed by atoms with Crippen molar-refractivity contribution in [3.63, 3.8) is 0 Å². The first-order valence-corrected chi connectivity index (χ1v) is 11.0. The van der Waals surface area contributed by atoms with Crippen molar-refractivity contribution in [2.75, 3.05) is 24.6 Å². The van der Waals surface area contributed by atoms with E-state index in [0.29, 0.717) is 47.0 Å². The molecule has 178 valence electrons. The second-order valence-electron chi connectivity index (χ2n) is 8.52. The fourth-order valence-corrected chi connectivity index (χ4v) is 4.25. The predicted molar refractivity (Wildman–Crippen MR) is 123 cm³/mol. The van der Waals surface area contributed by atoms with Gasteiger partial charge in [-0.3, -0.25) is 9.78 Å². The van der Waals surface area contributed by atoms with E-state index in [2.05, 4.69) is 4.98 Å². The number of aliphatic carboxylic acids is 1. The van der Waals surface area contributed by atoms with Gasteiger partial charge in [0.15, 0.2) is 0 Å². The van der Waals surface area contributed by atoms with Gasteiger partial charge in [0.05, 0.1) is 31.8 Å². The van der Waals surface area contributed by atoms with E-state index in [1.165, 1.54) is 17.0 Å². The van der Waals surface area contributed by atoms with Gasteiger partial charge in [-0.25, -0.2) is 13.2 Å². The molecule has 1 aliphatic heterocycles. The first-order chi connectivity index (χ1) is 16.1. The number of rotatable bonds is 8. The minimum Gasteiger partial charge on any atom is -0.493 e. The van der Waals surface area contributed by atoms with Crippen LogP contribution in [0, 0.1) is 19.7 Å². The summed E-state index contributed by atoms with van der Waals surface area (Å²) in [4.78, 5) is 17.5. The number of nitrogens with zero attached hydrogens (tertiary/aromatic N) is 2. The van der Waals surface area contributed by atoms with Crippen LogP contribution >= 0.6 is 0 Å². The first-order valence-electron chi connectivity index (χ1n) is 11.0. The highest BCUT2D eigenvalue weighted by atomic mass is 19.3. The van der Waals surface area contributed by atoms with E-state index in [0.717, 1.165) is 11.1 Å². The average molecular weight is 470 g/mol. The van der Waals surface area contributed by atoms with Gasteiger partial charge in [0, 0.05) is 28.9 Å². The summed E-state index contributed by atoms with van der Waals surface area (Å²) in [5.74, 6) is -3.50. The molecule has 1 N–H and O–H groups in total. The molecule has 2 aromatic carbocycles. The number of anilines is 1. The van der Waals surface area contributed by atoms with Gasteiger partial charge in [-0.2, -0.15) is 0 Å². The van der Waals surface area contributed by atoms with E-state index < -0.39 is 25.0 Å². The molecule has 34 heavy (non-hydrogen) atoms. The summed E-state index contributed by atoms with van der Waals surface area (Å²) in [7, 11) is 0. The molecule has 2 heterocycles. The number of aryl methyl sites for hydroxylation is 2. The van der Waals surface area contributed by atoms with Gasteiger partial charge in [-0.1, -0.05) is 24.3 Å². The lowest BCUT2D eigenvalue weighted by molar-refractivity contribution is -0.136. The van der Waals surface area contributed by atoms with Crippen molar-refractivity contribution in [3.8, 4) is 16.9 Å². The molecule has 1 aromatic heterocycles. The minimum absolute atomic E-state index is 0.283. The van der Waals surface area contributed by atoms with E-state index in [1.54, 1.807) is 38.1 Å². The Hall–Kier alpha value is -3.55. The van der Waals surface area contributed by atoms with Crippen LogP contribution in [0.15, 0.2) is 48.5 Å². The molecule has 5 nitrogen and oxygen atoms in total. The molecule has 0 bridgehead atoms.